The number of hydrogen-bond acceptors (Lipinski definition) is 4. The van der Waals surface area contributed by atoms with Crippen LogP contribution in [-0.4, -0.2) is 22.6 Å². The molecular formula is C25H30O3S. The van der Waals surface area contributed by atoms with Gasteiger partial charge in [-0.2, -0.15) is 0 Å². The maximum absolute atomic E-state index is 6.94. The molecule has 0 radical (unpaired) electrons. The van der Waals surface area contributed by atoms with Gasteiger partial charge in [0.05, 0.1) is 18.3 Å². The lowest BCUT2D eigenvalue weighted by molar-refractivity contribution is -0.364. The largest absolute Gasteiger partial charge is 0.351 e. The van der Waals surface area contributed by atoms with Crippen LogP contribution in [0.4, 0.5) is 0 Å². The quantitative estimate of drug-likeness (QED) is 0.571. The number of rotatable bonds is 2. The van der Waals surface area contributed by atoms with E-state index in [9.17, 15) is 0 Å². The summed E-state index contributed by atoms with van der Waals surface area (Å²) in [6, 6.07) is 21.2. The first-order valence-electron chi connectivity index (χ1n) is 11.0. The molecule has 2 spiro atoms. The Morgan fingerprint density at radius 3 is 2.00 bits per heavy atom. The zero-order valence-corrected chi connectivity index (χ0v) is 17.9. The van der Waals surface area contributed by atoms with Gasteiger partial charge < -0.3 is 14.2 Å². The van der Waals surface area contributed by atoms with Crippen LogP contribution in [0.2, 0.25) is 0 Å². The van der Waals surface area contributed by atoms with Crippen molar-refractivity contribution in [2.45, 2.75) is 74.5 Å². The predicted molar refractivity (Wildman–Crippen MR) is 117 cm³/mol. The Kier molecular flexibility index (Phi) is 5.46. The summed E-state index contributed by atoms with van der Waals surface area (Å²) >= 11 is 1.92. The Bertz CT molecular complexity index is 813. The average molecular weight is 411 g/mol. The lowest BCUT2D eigenvalue weighted by Crippen LogP contribution is -2.64. The molecule has 0 N–H and O–H groups in total. The van der Waals surface area contributed by atoms with Crippen molar-refractivity contribution in [3.63, 3.8) is 0 Å². The third kappa shape index (κ3) is 3.65. The molecular weight excluding hydrogens is 380 g/mol. The van der Waals surface area contributed by atoms with Crippen LogP contribution >= 0.6 is 11.8 Å². The molecule has 0 saturated carbocycles. The maximum Gasteiger partial charge on any atom is 0.208 e. The van der Waals surface area contributed by atoms with E-state index in [4.69, 9.17) is 14.2 Å². The van der Waals surface area contributed by atoms with Gasteiger partial charge in [-0.25, -0.2) is 0 Å². The molecule has 0 aromatic heterocycles. The minimum absolute atomic E-state index is 0.0634. The van der Waals surface area contributed by atoms with E-state index in [0.29, 0.717) is 0 Å². The smallest absolute Gasteiger partial charge is 0.208 e. The Morgan fingerprint density at radius 2 is 1.34 bits per heavy atom. The lowest BCUT2D eigenvalue weighted by Gasteiger charge is -2.58. The van der Waals surface area contributed by atoms with Crippen LogP contribution in [-0.2, 0) is 14.2 Å². The maximum atomic E-state index is 6.94. The highest BCUT2D eigenvalue weighted by molar-refractivity contribution is 8.00. The second-order valence-corrected chi connectivity index (χ2v) is 9.85. The van der Waals surface area contributed by atoms with E-state index in [1.807, 2.05) is 11.8 Å². The minimum Gasteiger partial charge on any atom is -0.351 e. The molecule has 0 aliphatic carbocycles. The van der Waals surface area contributed by atoms with Gasteiger partial charge in [0.1, 0.15) is 0 Å². The third-order valence-electron chi connectivity index (χ3n) is 6.48. The lowest BCUT2D eigenvalue weighted by atomic mass is 9.87. The zero-order chi connectivity index (χ0) is 19.7. The van der Waals surface area contributed by atoms with Crippen molar-refractivity contribution in [1.82, 2.24) is 0 Å². The van der Waals surface area contributed by atoms with Crippen molar-refractivity contribution >= 4 is 11.8 Å². The molecule has 3 aliphatic rings. The molecule has 3 nitrogen and oxygen atoms in total. The minimum atomic E-state index is -0.679. The van der Waals surface area contributed by atoms with Crippen molar-refractivity contribution in [1.29, 1.82) is 0 Å². The van der Waals surface area contributed by atoms with Gasteiger partial charge in [0, 0.05) is 12.2 Å². The normalized spacial score (nSPS) is 37.6. The van der Waals surface area contributed by atoms with Crippen molar-refractivity contribution in [2.75, 3.05) is 5.75 Å². The van der Waals surface area contributed by atoms with Crippen LogP contribution < -0.4 is 0 Å². The standard InChI is InChI=1S/C25H30O3S/c1-19-18-29-25(17-9-15-23(28-25)21-12-6-3-7-13-21)24(26-19)16-8-14-22(27-24)20-10-4-2-5-11-20/h2-7,10-13,19,22-23H,8-9,14-18H2,1H3/t19-,22+,23+,24+,25+/m1/s1. The molecule has 3 heterocycles. The van der Waals surface area contributed by atoms with Crippen molar-refractivity contribution in [3.8, 4) is 0 Å². The Balaban J connectivity index is 1.47. The summed E-state index contributed by atoms with van der Waals surface area (Å²) in [6.07, 6.45) is 6.53. The van der Waals surface area contributed by atoms with E-state index in [2.05, 4.69) is 67.6 Å². The molecule has 5 atom stereocenters. The number of benzene rings is 2. The number of ether oxygens (including phenoxy) is 3. The molecule has 29 heavy (non-hydrogen) atoms. The number of thioether (sulfide) groups is 1. The van der Waals surface area contributed by atoms with E-state index in [-0.39, 0.29) is 18.3 Å². The molecule has 0 bridgehead atoms. The highest BCUT2D eigenvalue weighted by Crippen LogP contribution is 2.58. The van der Waals surface area contributed by atoms with E-state index in [0.717, 1.165) is 44.3 Å². The topological polar surface area (TPSA) is 27.7 Å². The third-order valence-corrected chi connectivity index (χ3v) is 8.19. The summed E-state index contributed by atoms with van der Waals surface area (Å²) < 4.78 is 20.5. The number of hydrogen-bond donors (Lipinski definition) is 0. The zero-order valence-electron chi connectivity index (χ0n) is 17.1. The molecule has 2 aromatic rings. The van der Waals surface area contributed by atoms with E-state index in [1.54, 1.807) is 0 Å². The molecule has 3 fully saturated rings. The van der Waals surface area contributed by atoms with Gasteiger partial charge in [0.2, 0.25) is 5.79 Å². The van der Waals surface area contributed by atoms with Crippen LogP contribution in [0.25, 0.3) is 0 Å². The first kappa shape index (κ1) is 19.6. The molecule has 3 aliphatic heterocycles. The van der Waals surface area contributed by atoms with Crippen molar-refractivity contribution < 1.29 is 14.2 Å². The number of fused-ring (bicyclic) bond motifs is 1. The summed E-state index contributed by atoms with van der Waals surface area (Å²) in [6.45, 7) is 2.16. The van der Waals surface area contributed by atoms with Crippen LogP contribution in [0, 0.1) is 0 Å². The molecule has 0 amide bonds. The summed E-state index contributed by atoms with van der Waals surface area (Å²) in [4.78, 5) is -0.439. The molecule has 0 unspecified atom stereocenters. The molecule has 2 aromatic carbocycles. The van der Waals surface area contributed by atoms with E-state index in [1.165, 1.54) is 11.1 Å². The fourth-order valence-electron chi connectivity index (χ4n) is 5.10. The summed E-state index contributed by atoms with van der Waals surface area (Å²) in [5.74, 6) is 0.268. The first-order chi connectivity index (χ1) is 14.2. The highest BCUT2D eigenvalue weighted by Gasteiger charge is 2.62. The molecule has 4 heteroatoms. The highest BCUT2D eigenvalue weighted by atomic mass is 32.2. The van der Waals surface area contributed by atoms with Gasteiger partial charge in [-0.15, -0.1) is 11.8 Å². The fraction of sp³-hybridized carbons (Fsp3) is 0.520. The van der Waals surface area contributed by atoms with Crippen LogP contribution in [0.15, 0.2) is 60.7 Å². The van der Waals surface area contributed by atoms with Crippen LogP contribution in [0.1, 0.15) is 68.8 Å². The predicted octanol–water partition coefficient (Wildman–Crippen LogP) is 6.41. The summed E-state index contributed by atoms with van der Waals surface area (Å²) in [5.41, 5.74) is 2.50. The van der Waals surface area contributed by atoms with Crippen molar-refractivity contribution in [2.24, 2.45) is 0 Å². The van der Waals surface area contributed by atoms with Gasteiger partial charge in [-0.05, 0) is 50.2 Å². The average Bonchev–Trinajstić information content (AvgIpc) is 2.78. The van der Waals surface area contributed by atoms with Gasteiger partial charge in [-0.1, -0.05) is 60.7 Å². The molecule has 154 valence electrons. The van der Waals surface area contributed by atoms with Crippen LogP contribution in [0.3, 0.4) is 0 Å². The second-order valence-electron chi connectivity index (χ2n) is 8.56. The second kappa shape index (κ2) is 8.07. The fourth-order valence-corrected chi connectivity index (χ4v) is 6.57. The van der Waals surface area contributed by atoms with Gasteiger partial charge in [0.25, 0.3) is 0 Å². The molecule has 5 rings (SSSR count). The monoisotopic (exact) mass is 410 g/mol. The Hall–Kier alpha value is -1.33. The Morgan fingerprint density at radius 1 is 0.759 bits per heavy atom. The van der Waals surface area contributed by atoms with E-state index >= 15 is 0 Å². The SMILES string of the molecule is C[C@@H]1CS[C@@]2(CCC[C@@H](c3ccccc3)O2)[C@@]2(CCC[C@@H](c3ccccc3)O2)O1. The van der Waals surface area contributed by atoms with Gasteiger partial charge >= 0.3 is 0 Å². The van der Waals surface area contributed by atoms with Gasteiger partial charge in [-0.3, -0.25) is 0 Å². The summed E-state index contributed by atoms with van der Waals surface area (Å²) in [5, 5.41) is 0. The van der Waals surface area contributed by atoms with Crippen molar-refractivity contribution in [3.05, 3.63) is 71.8 Å². The van der Waals surface area contributed by atoms with Crippen LogP contribution in [0.5, 0.6) is 0 Å². The summed E-state index contributed by atoms with van der Waals surface area (Å²) in [7, 11) is 0. The first-order valence-corrected chi connectivity index (χ1v) is 12.0. The Labute approximate surface area is 178 Å². The van der Waals surface area contributed by atoms with Gasteiger partial charge in [0.15, 0.2) is 4.93 Å². The molecule has 3 saturated heterocycles. The van der Waals surface area contributed by atoms with E-state index < -0.39 is 10.7 Å².